The molecule has 0 aliphatic carbocycles. The molecule has 1 aliphatic heterocycles. The average molecular weight is 292 g/mol. The number of urea groups is 1. The van der Waals surface area contributed by atoms with Crippen LogP contribution in [0, 0.1) is 6.92 Å². The number of benzene rings is 1. The Morgan fingerprint density at radius 3 is 2.76 bits per heavy atom. The molecule has 2 N–H and O–H groups in total. The van der Waals surface area contributed by atoms with Gasteiger partial charge in [-0.05, 0) is 26.0 Å². The molecule has 112 valence electrons. The highest BCUT2D eigenvalue weighted by molar-refractivity contribution is 6.00. The first-order chi connectivity index (χ1) is 9.90. The van der Waals surface area contributed by atoms with Gasteiger partial charge in [0.05, 0.1) is 0 Å². The molecule has 1 aromatic carbocycles. The minimum atomic E-state index is -1.11. The number of imide groups is 1. The zero-order valence-corrected chi connectivity index (χ0v) is 11.8. The Kier molecular flexibility index (Phi) is 4.11. The summed E-state index contributed by atoms with van der Waals surface area (Å²) >= 11 is 0. The average Bonchev–Trinajstić information content (AvgIpc) is 2.86. The SMILES string of the molecule is Cc1ccc(O)c(C(=O)O[C@H](C)C(=O)N2CCNC2=O)c1. The van der Waals surface area contributed by atoms with Crippen LogP contribution in [0.2, 0.25) is 0 Å². The molecule has 1 saturated heterocycles. The topological polar surface area (TPSA) is 95.9 Å². The number of amides is 3. The number of nitrogens with zero attached hydrogens (tertiary/aromatic N) is 1. The standard InChI is InChI=1S/C14H16N2O5/c1-8-3-4-11(17)10(7-8)13(19)21-9(2)12(18)16-6-5-15-14(16)20/h3-4,7,9,17H,5-6H2,1-2H3,(H,15,20)/t9-/m1/s1. The van der Waals surface area contributed by atoms with Gasteiger partial charge in [-0.2, -0.15) is 0 Å². The van der Waals surface area contributed by atoms with Gasteiger partial charge in [0.1, 0.15) is 11.3 Å². The summed E-state index contributed by atoms with van der Waals surface area (Å²) in [7, 11) is 0. The molecule has 21 heavy (non-hydrogen) atoms. The van der Waals surface area contributed by atoms with Crippen LogP contribution in [0.1, 0.15) is 22.8 Å². The van der Waals surface area contributed by atoms with Crippen molar-refractivity contribution >= 4 is 17.9 Å². The molecule has 2 rings (SSSR count). The van der Waals surface area contributed by atoms with Crippen molar-refractivity contribution in [3.63, 3.8) is 0 Å². The number of nitrogens with one attached hydrogen (secondary N) is 1. The van der Waals surface area contributed by atoms with Crippen molar-refractivity contribution < 1.29 is 24.2 Å². The van der Waals surface area contributed by atoms with Gasteiger partial charge in [0, 0.05) is 13.1 Å². The Bertz CT molecular complexity index is 599. The van der Waals surface area contributed by atoms with E-state index in [1.807, 2.05) is 0 Å². The van der Waals surface area contributed by atoms with Crippen LogP contribution in [0.15, 0.2) is 18.2 Å². The van der Waals surface area contributed by atoms with Crippen molar-refractivity contribution in [1.29, 1.82) is 0 Å². The number of hydrogen-bond donors (Lipinski definition) is 2. The van der Waals surface area contributed by atoms with Crippen molar-refractivity contribution in [2.45, 2.75) is 20.0 Å². The predicted octanol–water partition coefficient (Wildman–Crippen LogP) is 0.798. The van der Waals surface area contributed by atoms with E-state index < -0.39 is 24.0 Å². The summed E-state index contributed by atoms with van der Waals surface area (Å²) in [4.78, 5) is 36.4. The van der Waals surface area contributed by atoms with Gasteiger partial charge in [-0.15, -0.1) is 0 Å². The van der Waals surface area contributed by atoms with Gasteiger partial charge in [-0.25, -0.2) is 9.59 Å². The number of hydrogen-bond acceptors (Lipinski definition) is 5. The summed E-state index contributed by atoms with van der Waals surface area (Å²) in [5.41, 5.74) is 0.762. The lowest BCUT2D eigenvalue weighted by atomic mass is 10.1. The van der Waals surface area contributed by atoms with Crippen LogP contribution in [0.3, 0.4) is 0 Å². The summed E-state index contributed by atoms with van der Waals surface area (Å²) in [6, 6.07) is 4.00. The van der Waals surface area contributed by atoms with E-state index in [1.54, 1.807) is 13.0 Å². The number of aromatic hydroxyl groups is 1. The van der Waals surface area contributed by atoms with E-state index >= 15 is 0 Å². The monoisotopic (exact) mass is 292 g/mol. The molecule has 0 unspecified atom stereocenters. The third-order valence-corrected chi connectivity index (χ3v) is 3.13. The van der Waals surface area contributed by atoms with Crippen molar-refractivity contribution in [1.82, 2.24) is 10.2 Å². The maximum absolute atomic E-state index is 12.0. The number of carbonyl (C=O) groups is 3. The Balaban J connectivity index is 2.06. The molecule has 1 atom stereocenters. The van der Waals surface area contributed by atoms with Crippen LogP contribution in [-0.2, 0) is 9.53 Å². The Morgan fingerprint density at radius 1 is 1.43 bits per heavy atom. The molecule has 1 aromatic rings. The van der Waals surface area contributed by atoms with E-state index in [0.717, 1.165) is 10.5 Å². The maximum Gasteiger partial charge on any atom is 0.342 e. The molecule has 0 bridgehead atoms. The molecule has 1 fully saturated rings. The normalized spacial score (nSPS) is 15.5. The maximum atomic E-state index is 12.0. The van der Waals surface area contributed by atoms with Gasteiger partial charge < -0.3 is 15.2 Å². The van der Waals surface area contributed by atoms with E-state index in [1.165, 1.54) is 19.1 Å². The largest absolute Gasteiger partial charge is 0.507 e. The first kappa shape index (κ1) is 14.8. The zero-order chi connectivity index (χ0) is 15.6. The van der Waals surface area contributed by atoms with Gasteiger partial charge in [-0.1, -0.05) is 11.6 Å². The van der Waals surface area contributed by atoms with E-state index in [9.17, 15) is 19.5 Å². The fraction of sp³-hybridized carbons (Fsp3) is 0.357. The number of carbonyl (C=O) groups excluding carboxylic acids is 3. The van der Waals surface area contributed by atoms with Crippen LogP contribution in [0.4, 0.5) is 4.79 Å². The second-order valence-electron chi connectivity index (χ2n) is 4.79. The summed E-state index contributed by atoms with van der Waals surface area (Å²) in [6.45, 7) is 3.78. The first-order valence-electron chi connectivity index (χ1n) is 6.50. The highest BCUT2D eigenvalue weighted by Crippen LogP contribution is 2.20. The number of rotatable bonds is 3. The van der Waals surface area contributed by atoms with E-state index in [0.29, 0.717) is 6.54 Å². The van der Waals surface area contributed by atoms with Crippen LogP contribution in [0.25, 0.3) is 0 Å². The molecular formula is C14H16N2O5. The molecule has 7 nitrogen and oxygen atoms in total. The smallest absolute Gasteiger partial charge is 0.342 e. The second-order valence-corrected chi connectivity index (χ2v) is 4.79. The zero-order valence-electron chi connectivity index (χ0n) is 11.8. The summed E-state index contributed by atoms with van der Waals surface area (Å²) in [5, 5.41) is 12.1. The Hall–Kier alpha value is -2.57. The van der Waals surface area contributed by atoms with E-state index in [4.69, 9.17) is 4.74 Å². The predicted molar refractivity (Wildman–Crippen MR) is 72.8 cm³/mol. The highest BCUT2D eigenvalue weighted by atomic mass is 16.5. The molecule has 3 amide bonds. The van der Waals surface area contributed by atoms with E-state index in [-0.39, 0.29) is 17.9 Å². The van der Waals surface area contributed by atoms with Crippen LogP contribution in [-0.4, -0.2) is 47.1 Å². The van der Waals surface area contributed by atoms with Gasteiger partial charge in [-0.3, -0.25) is 9.69 Å². The molecular weight excluding hydrogens is 276 g/mol. The van der Waals surface area contributed by atoms with Gasteiger partial charge >= 0.3 is 12.0 Å². The lowest BCUT2D eigenvalue weighted by Gasteiger charge is -2.18. The fourth-order valence-electron chi connectivity index (χ4n) is 1.99. The molecule has 0 spiro atoms. The molecule has 7 heteroatoms. The van der Waals surface area contributed by atoms with Crippen LogP contribution >= 0.6 is 0 Å². The third kappa shape index (κ3) is 3.13. The lowest BCUT2D eigenvalue weighted by molar-refractivity contribution is -0.136. The fourth-order valence-corrected chi connectivity index (χ4v) is 1.99. The Morgan fingerprint density at radius 2 is 2.14 bits per heavy atom. The van der Waals surface area contributed by atoms with E-state index in [2.05, 4.69) is 5.32 Å². The lowest BCUT2D eigenvalue weighted by Crippen LogP contribution is -2.41. The minimum absolute atomic E-state index is 0.0134. The van der Waals surface area contributed by atoms with Gasteiger partial charge in [0.2, 0.25) is 0 Å². The molecule has 1 aliphatic rings. The summed E-state index contributed by atoms with van der Waals surface area (Å²) in [5.74, 6) is -1.62. The number of aryl methyl sites for hydroxylation is 1. The third-order valence-electron chi connectivity index (χ3n) is 3.13. The minimum Gasteiger partial charge on any atom is -0.507 e. The molecule has 0 radical (unpaired) electrons. The van der Waals surface area contributed by atoms with Crippen LogP contribution in [0.5, 0.6) is 5.75 Å². The second kappa shape index (κ2) is 5.82. The number of phenolic OH excluding ortho intramolecular Hbond substituents is 1. The van der Waals surface area contributed by atoms with Crippen molar-refractivity contribution in [2.24, 2.45) is 0 Å². The quantitative estimate of drug-likeness (QED) is 0.803. The van der Waals surface area contributed by atoms with Gasteiger partial charge in [0.25, 0.3) is 5.91 Å². The first-order valence-corrected chi connectivity index (χ1v) is 6.50. The summed E-state index contributed by atoms with van der Waals surface area (Å²) in [6.07, 6.45) is -1.11. The number of ether oxygens (including phenoxy) is 1. The van der Waals surface area contributed by atoms with Gasteiger partial charge in [0.15, 0.2) is 6.10 Å². The van der Waals surface area contributed by atoms with Crippen molar-refractivity contribution in [2.75, 3.05) is 13.1 Å². The van der Waals surface area contributed by atoms with Crippen LogP contribution < -0.4 is 5.32 Å². The Labute approximate surface area is 121 Å². The molecule has 0 aromatic heterocycles. The molecule has 1 heterocycles. The highest BCUT2D eigenvalue weighted by Gasteiger charge is 2.32. The number of esters is 1. The van der Waals surface area contributed by atoms with Crippen molar-refractivity contribution in [3.8, 4) is 5.75 Å². The summed E-state index contributed by atoms with van der Waals surface area (Å²) < 4.78 is 5.02. The molecule has 0 saturated carbocycles. The van der Waals surface area contributed by atoms with Crippen molar-refractivity contribution in [3.05, 3.63) is 29.3 Å². The number of phenols is 1.